The molecule has 0 heterocycles. The number of ether oxygens (including phenoxy) is 2. The molecule has 0 aliphatic carbocycles. The van der Waals surface area contributed by atoms with Crippen LogP contribution in [-0.2, 0) is 9.47 Å². The van der Waals surface area contributed by atoms with E-state index in [4.69, 9.17) is 9.47 Å². The average Bonchev–Trinajstić information content (AvgIpc) is 2.39. The molecule has 0 aliphatic rings. The van der Waals surface area contributed by atoms with Crippen LogP contribution in [0.1, 0.15) is 40.5 Å². The third kappa shape index (κ3) is 12.6. The molecule has 0 bridgehead atoms. The Morgan fingerprint density at radius 3 is 2.00 bits per heavy atom. The SMILES string of the molecule is CCNC(C)CCCN(CCOCC)CCOCC. The van der Waals surface area contributed by atoms with E-state index in [-0.39, 0.29) is 0 Å². The maximum atomic E-state index is 5.44. The molecule has 4 nitrogen and oxygen atoms in total. The highest BCUT2D eigenvalue weighted by Gasteiger charge is 2.06. The Balaban J connectivity index is 3.75. The van der Waals surface area contributed by atoms with E-state index >= 15 is 0 Å². The molecule has 4 heteroatoms. The second kappa shape index (κ2) is 14.3. The normalized spacial score (nSPS) is 13.1. The summed E-state index contributed by atoms with van der Waals surface area (Å²) in [6, 6.07) is 0.616. The van der Waals surface area contributed by atoms with Crippen LogP contribution in [0.2, 0.25) is 0 Å². The second-order valence-electron chi connectivity index (χ2n) is 4.84. The second-order valence-corrected chi connectivity index (χ2v) is 4.84. The summed E-state index contributed by atoms with van der Waals surface area (Å²) in [7, 11) is 0. The predicted molar refractivity (Wildman–Crippen MR) is 81.8 cm³/mol. The summed E-state index contributed by atoms with van der Waals surface area (Å²) < 4.78 is 10.9. The first-order valence-electron chi connectivity index (χ1n) is 7.85. The van der Waals surface area contributed by atoms with Crippen LogP contribution < -0.4 is 5.32 Å². The Labute approximate surface area is 119 Å². The lowest BCUT2D eigenvalue weighted by Crippen LogP contribution is -2.33. The van der Waals surface area contributed by atoms with E-state index in [0.717, 1.165) is 52.6 Å². The fraction of sp³-hybridized carbons (Fsp3) is 1.00. The van der Waals surface area contributed by atoms with Gasteiger partial charge in [-0.1, -0.05) is 6.92 Å². The molecule has 0 radical (unpaired) electrons. The van der Waals surface area contributed by atoms with E-state index < -0.39 is 0 Å². The van der Waals surface area contributed by atoms with Gasteiger partial charge in [0.15, 0.2) is 0 Å². The lowest BCUT2D eigenvalue weighted by atomic mass is 10.2. The van der Waals surface area contributed by atoms with Gasteiger partial charge < -0.3 is 14.8 Å². The minimum atomic E-state index is 0.616. The van der Waals surface area contributed by atoms with Crippen LogP contribution in [0.15, 0.2) is 0 Å². The molecule has 0 fully saturated rings. The third-order valence-electron chi connectivity index (χ3n) is 3.18. The van der Waals surface area contributed by atoms with Gasteiger partial charge in [-0.25, -0.2) is 0 Å². The van der Waals surface area contributed by atoms with Crippen LogP contribution in [0.5, 0.6) is 0 Å². The monoisotopic (exact) mass is 274 g/mol. The number of rotatable bonds is 14. The largest absolute Gasteiger partial charge is 0.380 e. The van der Waals surface area contributed by atoms with Gasteiger partial charge in [0.05, 0.1) is 13.2 Å². The highest BCUT2D eigenvalue weighted by molar-refractivity contribution is 4.63. The van der Waals surface area contributed by atoms with Gasteiger partial charge >= 0.3 is 0 Å². The summed E-state index contributed by atoms with van der Waals surface area (Å²) in [6.45, 7) is 16.0. The molecule has 0 aliphatic heterocycles. The summed E-state index contributed by atoms with van der Waals surface area (Å²) in [6.07, 6.45) is 2.46. The lowest BCUT2D eigenvalue weighted by molar-refractivity contribution is 0.0818. The van der Waals surface area contributed by atoms with Crippen molar-refractivity contribution in [2.24, 2.45) is 0 Å². The van der Waals surface area contributed by atoms with Gasteiger partial charge in [-0.2, -0.15) is 0 Å². The van der Waals surface area contributed by atoms with Crippen molar-refractivity contribution in [3.05, 3.63) is 0 Å². The Bertz CT molecular complexity index is 170. The highest BCUT2D eigenvalue weighted by atomic mass is 16.5. The molecule has 0 aromatic heterocycles. The maximum Gasteiger partial charge on any atom is 0.0593 e. The van der Waals surface area contributed by atoms with Gasteiger partial charge in [0, 0.05) is 32.3 Å². The van der Waals surface area contributed by atoms with Crippen molar-refractivity contribution in [1.82, 2.24) is 10.2 Å². The molecule has 0 amide bonds. The molecular weight excluding hydrogens is 240 g/mol. The van der Waals surface area contributed by atoms with Gasteiger partial charge in [-0.3, -0.25) is 4.90 Å². The Morgan fingerprint density at radius 1 is 0.947 bits per heavy atom. The van der Waals surface area contributed by atoms with E-state index in [0.29, 0.717) is 6.04 Å². The molecule has 19 heavy (non-hydrogen) atoms. The molecule has 0 saturated carbocycles. The van der Waals surface area contributed by atoms with E-state index in [1.807, 2.05) is 13.8 Å². The van der Waals surface area contributed by atoms with Crippen molar-refractivity contribution in [3.63, 3.8) is 0 Å². The van der Waals surface area contributed by atoms with Crippen molar-refractivity contribution in [2.45, 2.75) is 46.6 Å². The fourth-order valence-electron chi connectivity index (χ4n) is 2.08. The molecule has 0 rings (SSSR count). The smallest absolute Gasteiger partial charge is 0.0593 e. The molecule has 0 aromatic rings. The van der Waals surface area contributed by atoms with Crippen LogP contribution in [0.4, 0.5) is 0 Å². The Kier molecular flexibility index (Phi) is 14.1. The predicted octanol–water partition coefficient (Wildman–Crippen LogP) is 2.14. The van der Waals surface area contributed by atoms with Crippen molar-refractivity contribution in [2.75, 3.05) is 52.6 Å². The van der Waals surface area contributed by atoms with Crippen LogP contribution >= 0.6 is 0 Å². The average molecular weight is 274 g/mol. The summed E-state index contributed by atoms with van der Waals surface area (Å²) in [5.41, 5.74) is 0. The van der Waals surface area contributed by atoms with Crippen LogP contribution in [0.25, 0.3) is 0 Å². The van der Waals surface area contributed by atoms with E-state index in [1.165, 1.54) is 12.8 Å². The molecule has 0 aromatic carbocycles. The first-order chi connectivity index (χ1) is 9.24. The van der Waals surface area contributed by atoms with Crippen LogP contribution in [-0.4, -0.2) is 63.5 Å². The number of hydrogen-bond acceptors (Lipinski definition) is 4. The Hall–Kier alpha value is -0.160. The zero-order valence-electron chi connectivity index (χ0n) is 13.4. The van der Waals surface area contributed by atoms with E-state index in [1.54, 1.807) is 0 Å². The van der Waals surface area contributed by atoms with Gasteiger partial charge in [0.1, 0.15) is 0 Å². The third-order valence-corrected chi connectivity index (χ3v) is 3.18. The molecule has 1 N–H and O–H groups in total. The summed E-state index contributed by atoms with van der Waals surface area (Å²) in [5.74, 6) is 0. The van der Waals surface area contributed by atoms with Gasteiger partial charge in [-0.15, -0.1) is 0 Å². The minimum Gasteiger partial charge on any atom is -0.380 e. The lowest BCUT2D eigenvalue weighted by Gasteiger charge is -2.23. The molecule has 0 spiro atoms. The number of hydrogen-bond donors (Lipinski definition) is 1. The maximum absolute atomic E-state index is 5.44. The molecular formula is C15H34N2O2. The quantitative estimate of drug-likeness (QED) is 0.492. The summed E-state index contributed by atoms with van der Waals surface area (Å²) >= 11 is 0. The number of nitrogens with zero attached hydrogens (tertiary/aromatic N) is 1. The zero-order chi connectivity index (χ0) is 14.3. The minimum absolute atomic E-state index is 0.616. The standard InChI is InChI=1S/C15H34N2O2/c1-5-16-15(4)9-8-10-17(11-13-18-6-2)12-14-19-7-3/h15-16H,5-14H2,1-4H3. The van der Waals surface area contributed by atoms with E-state index in [2.05, 4.69) is 24.1 Å². The number of nitrogens with one attached hydrogen (secondary N) is 1. The molecule has 0 saturated heterocycles. The summed E-state index contributed by atoms with van der Waals surface area (Å²) in [5, 5.41) is 3.46. The van der Waals surface area contributed by atoms with Crippen LogP contribution in [0, 0.1) is 0 Å². The molecule has 1 unspecified atom stereocenters. The van der Waals surface area contributed by atoms with Gasteiger partial charge in [0.25, 0.3) is 0 Å². The van der Waals surface area contributed by atoms with Crippen molar-refractivity contribution >= 4 is 0 Å². The van der Waals surface area contributed by atoms with E-state index in [9.17, 15) is 0 Å². The zero-order valence-corrected chi connectivity index (χ0v) is 13.4. The fourth-order valence-corrected chi connectivity index (χ4v) is 2.08. The first-order valence-corrected chi connectivity index (χ1v) is 7.85. The van der Waals surface area contributed by atoms with Crippen molar-refractivity contribution in [1.29, 1.82) is 0 Å². The highest BCUT2D eigenvalue weighted by Crippen LogP contribution is 2.00. The molecule has 116 valence electrons. The Morgan fingerprint density at radius 2 is 1.53 bits per heavy atom. The first kappa shape index (κ1) is 18.8. The van der Waals surface area contributed by atoms with Crippen molar-refractivity contribution in [3.8, 4) is 0 Å². The van der Waals surface area contributed by atoms with Crippen molar-refractivity contribution < 1.29 is 9.47 Å². The van der Waals surface area contributed by atoms with Crippen LogP contribution in [0.3, 0.4) is 0 Å². The van der Waals surface area contributed by atoms with Gasteiger partial charge in [-0.05, 0) is 46.7 Å². The summed E-state index contributed by atoms with van der Waals surface area (Å²) in [4.78, 5) is 2.45. The topological polar surface area (TPSA) is 33.7 Å². The van der Waals surface area contributed by atoms with Gasteiger partial charge in [0.2, 0.25) is 0 Å². The molecule has 1 atom stereocenters.